The van der Waals surface area contributed by atoms with Crippen molar-refractivity contribution in [1.82, 2.24) is 0 Å². The minimum absolute atomic E-state index is 0.0328. The highest BCUT2D eigenvalue weighted by atomic mass is 32.2. The summed E-state index contributed by atoms with van der Waals surface area (Å²) in [6, 6.07) is 10.1. The Morgan fingerprint density at radius 3 is 2.22 bits per heavy atom. The summed E-state index contributed by atoms with van der Waals surface area (Å²) in [6.07, 6.45) is 0.480. The Morgan fingerprint density at radius 2 is 1.72 bits per heavy atom. The summed E-state index contributed by atoms with van der Waals surface area (Å²) in [7, 11) is 0. The van der Waals surface area contributed by atoms with Crippen LogP contribution in [-0.2, 0) is 0 Å². The highest BCUT2D eigenvalue weighted by Crippen LogP contribution is 2.32. The van der Waals surface area contributed by atoms with Crippen LogP contribution in [0.3, 0.4) is 0 Å². The van der Waals surface area contributed by atoms with Crippen LogP contribution in [0.5, 0.6) is 0 Å². The lowest BCUT2D eigenvalue weighted by Gasteiger charge is -2.27. The molecule has 0 aromatic heterocycles. The number of aliphatic hydroxyl groups is 2. The van der Waals surface area contributed by atoms with E-state index in [1.165, 1.54) is 4.90 Å². The first-order chi connectivity index (χ1) is 8.54. The van der Waals surface area contributed by atoms with Gasteiger partial charge in [-0.15, -0.1) is 11.8 Å². The van der Waals surface area contributed by atoms with Gasteiger partial charge in [-0.25, -0.2) is 0 Å². The zero-order valence-electron chi connectivity index (χ0n) is 11.4. The smallest absolute Gasteiger partial charge is 0.0709 e. The van der Waals surface area contributed by atoms with Crippen LogP contribution in [-0.4, -0.2) is 28.2 Å². The van der Waals surface area contributed by atoms with Gasteiger partial charge in [0.2, 0.25) is 0 Å². The zero-order valence-corrected chi connectivity index (χ0v) is 12.2. The van der Waals surface area contributed by atoms with Gasteiger partial charge >= 0.3 is 0 Å². The summed E-state index contributed by atoms with van der Waals surface area (Å²) < 4.78 is 0. The maximum absolute atomic E-state index is 10.3. The molecule has 3 heteroatoms. The Bertz CT molecular complexity index is 327. The molecule has 0 fully saturated rings. The largest absolute Gasteiger partial charge is 0.396 e. The van der Waals surface area contributed by atoms with Crippen molar-refractivity contribution in [3.8, 4) is 0 Å². The second-order valence-electron chi connectivity index (χ2n) is 5.25. The maximum Gasteiger partial charge on any atom is 0.0709 e. The molecule has 1 aromatic rings. The van der Waals surface area contributed by atoms with Gasteiger partial charge in [0, 0.05) is 22.7 Å². The molecular formula is C15H24O2S. The number of hydrogen-bond donors (Lipinski definition) is 2. The van der Waals surface area contributed by atoms with E-state index in [4.69, 9.17) is 0 Å². The normalized spacial score (nSPS) is 16.6. The SMILES string of the molecule is CC(C)C[C@H](Sc1ccccc1)[C@@H](O)[C@@H](C)CO. The van der Waals surface area contributed by atoms with E-state index in [9.17, 15) is 10.2 Å². The van der Waals surface area contributed by atoms with Crippen LogP contribution < -0.4 is 0 Å². The topological polar surface area (TPSA) is 40.5 Å². The van der Waals surface area contributed by atoms with Gasteiger partial charge < -0.3 is 10.2 Å². The standard InChI is InChI=1S/C15H24O2S/c1-11(2)9-14(15(17)12(3)10-16)18-13-7-5-4-6-8-13/h4-8,11-12,14-17H,9-10H2,1-3H3/t12-,14-,15-/m0/s1. The first-order valence-corrected chi connectivity index (χ1v) is 7.43. The minimum Gasteiger partial charge on any atom is -0.396 e. The highest BCUT2D eigenvalue weighted by molar-refractivity contribution is 8.00. The van der Waals surface area contributed by atoms with E-state index in [0.29, 0.717) is 5.92 Å². The third-order valence-corrected chi connectivity index (χ3v) is 4.30. The van der Waals surface area contributed by atoms with Crippen LogP contribution in [0, 0.1) is 11.8 Å². The molecule has 18 heavy (non-hydrogen) atoms. The minimum atomic E-state index is -0.470. The van der Waals surface area contributed by atoms with Crippen LogP contribution in [0.1, 0.15) is 27.2 Å². The third-order valence-electron chi connectivity index (χ3n) is 2.99. The Morgan fingerprint density at radius 1 is 1.11 bits per heavy atom. The third kappa shape index (κ3) is 5.01. The van der Waals surface area contributed by atoms with Crippen LogP contribution >= 0.6 is 11.8 Å². The van der Waals surface area contributed by atoms with Crippen molar-refractivity contribution in [2.24, 2.45) is 11.8 Å². The van der Waals surface area contributed by atoms with Crippen molar-refractivity contribution < 1.29 is 10.2 Å². The monoisotopic (exact) mass is 268 g/mol. The first kappa shape index (κ1) is 15.5. The van der Waals surface area contributed by atoms with Gasteiger partial charge in [-0.2, -0.15) is 0 Å². The van der Waals surface area contributed by atoms with E-state index in [0.717, 1.165) is 6.42 Å². The molecule has 1 aromatic carbocycles. The van der Waals surface area contributed by atoms with E-state index in [2.05, 4.69) is 26.0 Å². The molecule has 102 valence electrons. The quantitative estimate of drug-likeness (QED) is 0.746. The predicted octanol–water partition coefficient (Wildman–Crippen LogP) is 3.18. The lowest BCUT2D eigenvalue weighted by atomic mass is 9.97. The molecule has 2 nitrogen and oxygen atoms in total. The van der Waals surface area contributed by atoms with Crippen LogP contribution in [0.4, 0.5) is 0 Å². The molecule has 0 spiro atoms. The van der Waals surface area contributed by atoms with Crippen molar-refractivity contribution in [2.45, 2.75) is 43.4 Å². The number of rotatable bonds is 7. The van der Waals surface area contributed by atoms with Crippen molar-refractivity contribution in [2.75, 3.05) is 6.61 Å². The maximum atomic E-state index is 10.3. The Hall–Kier alpha value is -0.510. The fourth-order valence-electron chi connectivity index (χ4n) is 1.87. The lowest BCUT2D eigenvalue weighted by molar-refractivity contribution is 0.0711. The van der Waals surface area contributed by atoms with Gasteiger partial charge in [0.15, 0.2) is 0 Å². The number of thioether (sulfide) groups is 1. The fraction of sp³-hybridized carbons (Fsp3) is 0.600. The molecule has 0 bridgehead atoms. The van der Waals surface area contributed by atoms with Gasteiger partial charge in [0.25, 0.3) is 0 Å². The molecule has 0 amide bonds. The summed E-state index contributed by atoms with van der Waals surface area (Å²) in [5.41, 5.74) is 0. The molecule has 0 heterocycles. The molecule has 0 aliphatic carbocycles. The molecule has 0 aliphatic heterocycles. The average molecular weight is 268 g/mol. The van der Waals surface area contributed by atoms with E-state index < -0.39 is 6.10 Å². The van der Waals surface area contributed by atoms with Gasteiger partial charge in [0.1, 0.15) is 0 Å². The Labute approximate surface area is 114 Å². The summed E-state index contributed by atoms with van der Waals surface area (Å²) in [4.78, 5) is 1.17. The summed E-state index contributed by atoms with van der Waals surface area (Å²) >= 11 is 1.71. The predicted molar refractivity (Wildman–Crippen MR) is 77.8 cm³/mol. The van der Waals surface area contributed by atoms with Crippen LogP contribution in [0.15, 0.2) is 35.2 Å². The number of benzene rings is 1. The fourth-order valence-corrected chi connectivity index (χ4v) is 3.42. The van der Waals surface area contributed by atoms with E-state index in [1.54, 1.807) is 11.8 Å². The highest BCUT2D eigenvalue weighted by Gasteiger charge is 2.26. The second kappa shape index (κ2) is 7.82. The number of aliphatic hydroxyl groups excluding tert-OH is 2. The molecule has 0 unspecified atom stereocenters. The molecule has 3 atom stereocenters. The average Bonchev–Trinajstić information content (AvgIpc) is 2.37. The van der Waals surface area contributed by atoms with Gasteiger partial charge in [-0.3, -0.25) is 0 Å². The van der Waals surface area contributed by atoms with E-state index in [1.807, 2.05) is 25.1 Å². The molecule has 0 saturated heterocycles. The van der Waals surface area contributed by atoms with Crippen LogP contribution in [0.25, 0.3) is 0 Å². The molecule has 1 rings (SSSR count). The zero-order chi connectivity index (χ0) is 13.5. The second-order valence-corrected chi connectivity index (χ2v) is 6.56. The van der Waals surface area contributed by atoms with Crippen LogP contribution in [0.2, 0.25) is 0 Å². The summed E-state index contributed by atoms with van der Waals surface area (Å²) in [6.45, 7) is 6.25. The van der Waals surface area contributed by atoms with E-state index >= 15 is 0 Å². The molecular weight excluding hydrogens is 244 g/mol. The lowest BCUT2D eigenvalue weighted by Crippen LogP contribution is -2.32. The van der Waals surface area contributed by atoms with Gasteiger partial charge in [0.05, 0.1) is 6.10 Å². The van der Waals surface area contributed by atoms with Crippen molar-refractivity contribution in [1.29, 1.82) is 0 Å². The molecule has 0 aliphatic rings. The molecule has 0 radical (unpaired) electrons. The Balaban J connectivity index is 2.72. The molecule has 2 N–H and O–H groups in total. The first-order valence-electron chi connectivity index (χ1n) is 6.55. The van der Waals surface area contributed by atoms with E-state index in [-0.39, 0.29) is 17.8 Å². The molecule has 0 saturated carbocycles. The Kier molecular flexibility index (Phi) is 6.76. The van der Waals surface area contributed by atoms with Gasteiger partial charge in [-0.1, -0.05) is 39.0 Å². The van der Waals surface area contributed by atoms with Gasteiger partial charge in [-0.05, 0) is 24.5 Å². The number of hydrogen-bond acceptors (Lipinski definition) is 3. The summed E-state index contributed by atoms with van der Waals surface area (Å²) in [5, 5.41) is 19.6. The van der Waals surface area contributed by atoms with Crippen molar-refractivity contribution in [3.05, 3.63) is 30.3 Å². The van der Waals surface area contributed by atoms with Crippen molar-refractivity contribution in [3.63, 3.8) is 0 Å². The summed E-state index contributed by atoms with van der Waals surface area (Å²) in [5.74, 6) is 0.455. The van der Waals surface area contributed by atoms with Crippen molar-refractivity contribution >= 4 is 11.8 Å².